The average molecular weight is 279 g/mol. The molecule has 0 aromatic carbocycles. The Bertz CT molecular complexity index is 427. The highest BCUT2D eigenvalue weighted by Crippen LogP contribution is 2.32. The Morgan fingerprint density at radius 2 is 2.00 bits per heavy atom. The molecule has 112 valence electrons. The van der Waals surface area contributed by atoms with Crippen molar-refractivity contribution in [2.24, 2.45) is 0 Å². The van der Waals surface area contributed by atoms with E-state index in [1.807, 2.05) is 6.92 Å². The zero-order valence-corrected chi connectivity index (χ0v) is 12.3. The quantitative estimate of drug-likeness (QED) is 0.917. The summed E-state index contributed by atoms with van der Waals surface area (Å²) >= 11 is 0. The summed E-state index contributed by atoms with van der Waals surface area (Å²) in [6.07, 6.45) is 8.10. The lowest BCUT2D eigenvalue weighted by molar-refractivity contribution is 0.0260. The van der Waals surface area contributed by atoms with Crippen molar-refractivity contribution < 1.29 is 9.63 Å². The van der Waals surface area contributed by atoms with Gasteiger partial charge in [-0.25, -0.2) is 0 Å². The van der Waals surface area contributed by atoms with Gasteiger partial charge >= 0.3 is 0 Å². The third-order valence-electron chi connectivity index (χ3n) is 4.76. The van der Waals surface area contributed by atoms with Crippen molar-refractivity contribution in [3.05, 3.63) is 11.7 Å². The normalized spacial score (nSPS) is 27.0. The first kappa shape index (κ1) is 14.0. The molecule has 1 aromatic heterocycles. The first-order valence-electron chi connectivity index (χ1n) is 7.98. The highest BCUT2D eigenvalue weighted by molar-refractivity contribution is 4.98. The Hall–Kier alpha value is -0.940. The van der Waals surface area contributed by atoms with Crippen LogP contribution in [0.15, 0.2) is 4.52 Å². The number of aromatic nitrogens is 2. The lowest BCUT2D eigenvalue weighted by Gasteiger charge is -2.36. The summed E-state index contributed by atoms with van der Waals surface area (Å²) in [6.45, 7) is 3.56. The number of hydrogen-bond donors (Lipinski definition) is 1. The van der Waals surface area contributed by atoms with Crippen LogP contribution in [0.5, 0.6) is 0 Å². The molecule has 5 heteroatoms. The van der Waals surface area contributed by atoms with Crippen LogP contribution in [-0.2, 0) is 6.54 Å². The van der Waals surface area contributed by atoms with E-state index in [1.54, 1.807) is 0 Å². The van der Waals surface area contributed by atoms with Crippen molar-refractivity contribution in [1.29, 1.82) is 0 Å². The maximum Gasteiger partial charge on any atom is 0.240 e. The second-order valence-electron chi connectivity index (χ2n) is 6.30. The molecule has 1 aliphatic heterocycles. The summed E-state index contributed by atoms with van der Waals surface area (Å²) in [5, 5.41) is 14.1. The highest BCUT2D eigenvalue weighted by atomic mass is 16.5. The minimum Gasteiger partial charge on any atom is -0.392 e. The maximum atomic E-state index is 9.90. The fraction of sp³-hybridized carbons (Fsp3) is 0.867. The summed E-state index contributed by atoms with van der Waals surface area (Å²) in [6, 6.07) is 0.227. The third-order valence-corrected chi connectivity index (χ3v) is 4.76. The molecule has 1 saturated carbocycles. The van der Waals surface area contributed by atoms with Gasteiger partial charge < -0.3 is 9.63 Å². The molecule has 0 spiro atoms. The maximum absolute atomic E-state index is 9.90. The van der Waals surface area contributed by atoms with E-state index in [-0.39, 0.29) is 12.1 Å². The van der Waals surface area contributed by atoms with Crippen LogP contribution in [0.3, 0.4) is 0 Å². The Morgan fingerprint density at radius 3 is 2.75 bits per heavy atom. The minimum atomic E-state index is -0.299. The van der Waals surface area contributed by atoms with Crippen molar-refractivity contribution in [1.82, 2.24) is 15.0 Å². The molecule has 2 aliphatic rings. The zero-order valence-electron chi connectivity index (χ0n) is 12.3. The summed E-state index contributed by atoms with van der Waals surface area (Å²) in [5.41, 5.74) is 0. The van der Waals surface area contributed by atoms with Crippen LogP contribution < -0.4 is 0 Å². The van der Waals surface area contributed by atoms with Crippen LogP contribution >= 0.6 is 0 Å². The largest absolute Gasteiger partial charge is 0.392 e. The molecular weight excluding hydrogens is 254 g/mol. The van der Waals surface area contributed by atoms with Crippen LogP contribution in [0.25, 0.3) is 0 Å². The number of piperidine rings is 1. The number of likely N-dealkylation sites (tertiary alicyclic amines) is 1. The number of hydrogen-bond acceptors (Lipinski definition) is 5. The predicted octanol–water partition coefficient (Wildman–Crippen LogP) is 2.46. The van der Waals surface area contributed by atoms with Gasteiger partial charge in [0.05, 0.1) is 12.6 Å². The molecule has 0 radical (unpaired) electrons. The van der Waals surface area contributed by atoms with Gasteiger partial charge in [-0.3, -0.25) is 4.90 Å². The Kier molecular flexibility index (Phi) is 4.36. The van der Waals surface area contributed by atoms with Crippen molar-refractivity contribution in [2.75, 3.05) is 6.54 Å². The van der Waals surface area contributed by atoms with Crippen LogP contribution in [-0.4, -0.2) is 38.8 Å². The monoisotopic (exact) mass is 279 g/mol. The van der Waals surface area contributed by atoms with E-state index in [4.69, 9.17) is 4.52 Å². The zero-order chi connectivity index (χ0) is 13.9. The van der Waals surface area contributed by atoms with Crippen LogP contribution in [0.1, 0.15) is 69.5 Å². The van der Waals surface area contributed by atoms with Crippen LogP contribution in [0.2, 0.25) is 0 Å². The van der Waals surface area contributed by atoms with Crippen molar-refractivity contribution >= 4 is 0 Å². The van der Waals surface area contributed by atoms with Crippen molar-refractivity contribution in [3.63, 3.8) is 0 Å². The molecule has 2 fully saturated rings. The third kappa shape index (κ3) is 3.04. The Labute approximate surface area is 120 Å². The SMILES string of the molecule is CC(O)C1CCCCN1Cc1nc(C2CCCC2)no1. The summed E-state index contributed by atoms with van der Waals surface area (Å²) in [4.78, 5) is 6.87. The van der Waals surface area contributed by atoms with Gasteiger partial charge in [0.1, 0.15) is 0 Å². The number of nitrogens with zero attached hydrogens (tertiary/aromatic N) is 3. The topological polar surface area (TPSA) is 62.4 Å². The number of rotatable bonds is 4. The van der Waals surface area contributed by atoms with E-state index in [9.17, 15) is 5.11 Å². The van der Waals surface area contributed by atoms with E-state index < -0.39 is 0 Å². The first-order chi connectivity index (χ1) is 9.74. The standard InChI is InChI=1S/C15H25N3O2/c1-11(19)13-8-4-5-9-18(13)10-14-16-15(17-20-14)12-6-2-3-7-12/h11-13,19H,2-10H2,1H3. The van der Waals surface area contributed by atoms with E-state index in [0.29, 0.717) is 18.4 Å². The van der Waals surface area contributed by atoms with Gasteiger partial charge in [0.2, 0.25) is 5.89 Å². The molecule has 1 aromatic rings. The van der Waals surface area contributed by atoms with E-state index >= 15 is 0 Å². The second-order valence-corrected chi connectivity index (χ2v) is 6.30. The smallest absolute Gasteiger partial charge is 0.240 e. The molecule has 20 heavy (non-hydrogen) atoms. The van der Waals surface area contributed by atoms with Crippen LogP contribution in [0.4, 0.5) is 0 Å². The van der Waals surface area contributed by atoms with Crippen molar-refractivity contribution in [3.8, 4) is 0 Å². The molecule has 0 bridgehead atoms. The predicted molar refractivity (Wildman–Crippen MR) is 75.2 cm³/mol. The Balaban J connectivity index is 1.64. The number of aliphatic hydroxyl groups is 1. The van der Waals surface area contributed by atoms with Gasteiger partial charge in [-0.15, -0.1) is 0 Å². The number of aliphatic hydroxyl groups excluding tert-OH is 1. The van der Waals surface area contributed by atoms with E-state index in [0.717, 1.165) is 18.8 Å². The van der Waals surface area contributed by atoms with Crippen LogP contribution in [0, 0.1) is 0 Å². The first-order valence-corrected chi connectivity index (χ1v) is 7.98. The summed E-state index contributed by atoms with van der Waals surface area (Å²) in [7, 11) is 0. The van der Waals surface area contributed by atoms with Gasteiger partial charge in [-0.05, 0) is 39.2 Å². The molecule has 1 saturated heterocycles. The molecule has 2 heterocycles. The Morgan fingerprint density at radius 1 is 1.25 bits per heavy atom. The fourth-order valence-corrected chi connectivity index (χ4v) is 3.62. The molecule has 1 aliphatic carbocycles. The van der Waals surface area contributed by atoms with Gasteiger partial charge in [0.15, 0.2) is 5.82 Å². The second kappa shape index (κ2) is 6.22. The van der Waals surface area contributed by atoms with Crippen molar-refractivity contribution in [2.45, 2.75) is 76.5 Å². The van der Waals surface area contributed by atoms with E-state index in [1.165, 1.54) is 38.5 Å². The summed E-state index contributed by atoms with van der Waals surface area (Å²) < 4.78 is 5.42. The lowest BCUT2D eigenvalue weighted by Crippen LogP contribution is -2.45. The fourth-order valence-electron chi connectivity index (χ4n) is 3.62. The van der Waals surface area contributed by atoms with Gasteiger partial charge in [0, 0.05) is 12.0 Å². The lowest BCUT2D eigenvalue weighted by atomic mass is 9.98. The highest BCUT2D eigenvalue weighted by Gasteiger charge is 2.28. The van der Waals surface area contributed by atoms with Gasteiger partial charge in [-0.1, -0.05) is 24.4 Å². The summed E-state index contributed by atoms with van der Waals surface area (Å²) in [5.74, 6) is 2.10. The van der Waals surface area contributed by atoms with Gasteiger partial charge in [0.25, 0.3) is 0 Å². The molecule has 0 amide bonds. The minimum absolute atomic E-state index is 0.227. The molecule has 1 N–H and O–H groups in total. The average Bonchev–Trinajstić information content (AvgIpc) is 3.09. The molecule has 5 nitrogen and oxygen atoms in total. The molecule has 2 unspecified atom stereocenters. The molecule has 3 rings (SSSR count). The van der Waals surface area contributed by atoms with Gasteiger partial charge in [-0.2, -0.15) is 4.98 Å². The van der Waals surface area contributed by atoms with E-state index in [2.05, 4.69) is 15.0 Å². The molecule has 2 atom stereocenters. The molecular formula is C15H25N3O2.